The van der Waals surface area contributed by atoms with Crippen molar-refractivity contribution in [1.29, 1.82) is 0 Å². The molecule has 0 amide bonds. The SMILES string of the molecule is CC1(C)CCCN(CC2(C=O)CCOCC2)C1. The first-order chi connectivity index (χ1) is 8.05. The van der Waals surface area contributed by atoms with Gasteiger partial charge >= 0.3 is 0 Å². The molecule has 2 heterocycles. The van der Waals surface area contributed by atoms with E-state index in [1.165, 1.54) is 19.1 Å². The molecule has 0 N–H and O–H groups in total. The zero-order valence-electron chi connectivity index (χ0n) is 11.2. The number of ether oxygens (including phenoxy) is 1. The van der Waals surface area contributed by atoms with Gasteiger partial charge in [-0.15, -0.1) is 0 Å². The molecule has 3 nitrogen and oxygen atoms in total. The summed E-state index contributed by atoms with van der Waals surface area (Å²) in [4.78, 5) is 13.9. The van der Waals surface area contributed by atoms with E-state index in [1.54, 1.807) is 0 Å². The summed E-state index contributed by atoms with van der Waals surface area (Å²) in [6, 6.07) is 0. The lowest BCUT2D eigenvalue weighted by molar-refractivity contribution is -0.123. The Morgan fingerprint density at radius 3 is 2.53 bits per heavy atom. The summed E-state index contributed by atoms with van der Waals surface area (Å²) in [6.07, 6.45) is 5.55. The summed E-state index contributed by atoms with van der Waals surface area (Å²) in [5.41, 5.74) is 0.277. The topological polar surface area (TPSA) is 29.5 Å². The number of piperidine rings is 1. The summed E-state index contributed by atoms with van der Waals surface area (Å²) >= 11 is 0. The van der Waals surface area contributed by atoms with Gasteiger partial charge in [0.1, 0.15) is 6.29 Å². The Labute approximate surface area is 105 Å². The van der Waals surface area contributed by atoms with E-state index < -0.39 is 0 Å². The van der Waals surface area contributed by atoms with Gasteiger partial charge in [-0.25, -0.2) is 0 Å². The van der Waals surface area contributed by atoms with Crippen molar-refractivity contribution in [3.8, 4) is 0 Å². The summed E-state index contributed by atoms with van der Waals surface area (Å²) in [5, 5.41) is 0. The molecule has 2 saturated heterocycles. The van der Waals surface area contributed by atoms with Crippen LogP contribution in [0.1, 0.15) is 39.5 Å². The highest BCUT2D eigenvalue weighted by Crippen LogP contribution is 2.34. The fraction of sp³-hybridized carbons (Fsp3) is 0.929. The van der Waals surface area contributed by atoms with Crippen LogP contribution in [-0.2, 0) is 9.53 Å². The van der Waals surface area contributed by atoms with Crippen LogP contribution in [0.25, 0.3) is 0 Å². The number of hydrogen-bond donors (Lipinski definition) is 0. The molecule has 0 radical (unpaired) electrons. The third kappa shape index (κ3) is 3.29. The van der Waals surface area contributed by atoms with Crippen LogP contribution < -0.4 is 0 Å². The number of rotatable bonds is 3. The van der Waals surface area contributed by atoms with Crippen molar-refractivity contribution >= 4 is 6.29 Å². The van der Waals surface area contributed by atoms with Gasteiger partial charge in [-0.1, -0.05) is 13.8 Å². The third-order valence-corrected chi connectivity index (χ3v) is 4.26. The first-order valence-electron chi connectivity index (χ1n) is 6.82. The van der Waals surface area contributed by atoms with Crippen molar-refractivity contribution in [3.63, 3.8) is 0 Å². The Kier molecular flexibility index (Phi) is 3.88. The fourth-order valence-electron chi connectivity index (χ4n) is 3.22. The second-order valence-corrected chi connectivity index (χ2v) is 6.57. The average molecular weight is 239 g/mol. The van der Waals surface area contributed by atoms with Gasteiger partial charge in [0.25, 0.3) is 0 Å². The molecule has 0 aromatic carbocycles. The maximum atomic E-state index is 11.4. The van der Waals surface area contributed by atoms with Crippen LogP contribution in [0.3, 0.4) is 0 Å². The van der Waals surface area contributed by atoms with Gasteiger partial charge in [-0.3, -0.25) is 0 Å². The van der Waals surface area contributed by atoms with Crippen molar-refractivity contribution in [2.24, 2.45) is 10.8 Å². The number of carbonyl (C=O) groups excluding carboxylic acids is 1. The molecule has 2 rings (SSSR count). The molecule has 17 heavy (non-hydrogen) atoms. The Morgan fingerprint density at radius 2 is 1.94 bits per heavy atom. The summed E-state index contributed by atoms with van der Waals surface area (Å²) in [6.45, 7) is 9.37. The van der Waals surface area contributed by atoms with Gasteiger partial charge in [0.05, 0.1) is 0 Å². The highest BCUT2D eigenvalue weighted by molar-refractivity contribution is 5.60. The lowest BCUT2D eigenvalue weighted by Gasteiger charge is -2.43. The minimum Gasteiger partial charge on any atom is -0.381 e. The van der Waals surface area contributed by atoms with Crippen LogP contribution in [0.5, 0.6) is 0 Å². The highest BCUT2D eigenvalue weighted by Gasteiger charge is 2.36. The molecular weight excluding hydrogens is 214 g/mol. The second-order valence-electron chi connectivity index (χ2n) is 6.57. The van der Waals surface area contributed by atoms with E-state index in [1.807, 2.05) is 0 Å². The standard InChI is InChI=1S/C14H25NO2/c1-13(2)4-3-7-15(10-13)11-14(12-16)5-8-17-9-6-14/h12H,3-11H2,1-2H3. The maximum absolute atomic E-state index is 11.4. The molecule has 0 spiro atoms. The minimum absolute atomic E-state index is 0.133. The predicted octanol–water partition coefficient (Wildman–Crippen LogP) is 2.10. The Hall–Kier alpha value is -0.410. The smallest absolute Gasteiger partial charge is 0.127 e. The van der Waals surface area contributed by atoms with Crippen molar-refractivity contribution in [2.75, 3.05) is 32.8 Å². The largest absolute Gasteiger partial charge is 0.381 e. The van der Waals surface area contributed by atoms with Gasteiger partial charge in [0, 0.05) is 31.7 Å². The van der Waals surface area contributed by atoms with Crippen LogP contribution in [0.15, 0.2) is 0 Å². The van der Waals surface area contributed by atoms with Crippen molar-refractivity contribution < 1.29 is 9.53 Å². The quantitative estimate of drug-likeness (QED) is 0.706. The number of nitrogens with zero attached hydrogens (tertiary/aromatic N) is 1. The van der Waals surface area contributed by atoms with E-state index in [4.69, 9.17) is 4.74 Å². The number of likely N-dealkylation sites (tertiary alicyclic amines) is 1. The Morgan fingerprint density at radius 1 is 1.24 bits per heavy atom. The normalized spacial score (nSPS) is 28.8. The van der Waals surface area contributed by atoms with Gasteiger partial charge in [0.2, 0.25) is 0 Å². The van der Waals surface area contributed by atoms with Crippen LogP contribution in [0.2, 0.25) is 0 Å². The number of hydrogen-bond acceptors (Lipinski definition) is 3. The van der Waals surface area contributed by atoms with Crippen molar-refractivity contribution in [2.45, 2.75) is 39.5 Å². The van der Waals surface area contributed by atoms with Gasteiger partial charge in [0.15, 0.2) is 0 Å². The Balaban J connectivity index is 1.96. The molecule has 0 unspecified atom stereocenters. The monoisotopic (exact) mass is 239 g/mol. The lowest BCUT2D eigenvalue weighted by atomic mass is 9.78. The van der Waals surface area contributed by atoms with E-state index in [0.29, 0.717) is 5.41 Å². The molecule has 2 fully saturated rings. The van der Waals surface area contributed by atoms with E-state index in [9.17, 15) is 4.79 Å². The predicted molar refractivity (Wildman–Crippen MR) is 68.0 cm³/mol. The van der Waals surface area contributed by atoms with Crippen molar-refractivity contribution in [1.82, 2.24) is 4.90 Å². The van der Waals surface area contributed by atoms with Gasteiger partial charge in [-0.05, 0) is 37.6 Å². The molecule has 3 heteroatoms. The van der Waals surface area contributed by atoms with Crippen LogP contribution in [0.4, 0.5) is 0 Å². The molecule has 2 aliphatic rings. The number of carbonyl (C=O) groups is 1. The lowest BCUT2D eigenvalue weighted by Crippen LogP contribution is -2.48. The van der Waals surface area contributed by atoms with E-state index >= 15 is 0 Å². The zero-order chi connectivity index (χ0) is 12.4. The Bertz CT molecular complexity index is 269. The number of aldehydes is 1. The molecule has 0 aliphatic carbocycles. The summed E-state index contributed by atoms with van der Waals surface area (Å²) < 4.78 is 5.38. The molecule has 98 valence electrons. The minimum atomic E-state index is -0.133. The second kappa shape index (κ2) is 5.07. The molecule has 0 aromatic heterocycles. The average Bonchev–Trinajstić information content (AvgIpc) is 2.29. The summed E-state index contributed by atoms with van der Waals surface area (Å²) in [7, 11) is 0. The molecule has 0 saturated carbocycles. The van der Waals surface area contributed by atoms with Crippen molar-refractivity contribution in [3.05, 3.63) is 0 Å². The molecule has 0 bridgehead atoms. The first-order valence-corrected chi connectivity index (χ1v) is 6.82. The summed E-state index contributed by atoms with van der Waals surface area (Å²) in [5.74, 6) is 0. The van der Waals surface area contributed by atoms with Crippen LogP contribution in [0, 0.1) is 10.8 Å². The molecule has 0 atom stereocenters. The first kappa shape index (κ1) is 13.0. The maximum Gasteiger partial charge on any atom is 0.127 e. The van der Waals surface area contributed by atoms with Gasteiger partial charge in [-0.2, -0.15) is 0 Å². The molecule has 0 aromatic rings. The van der Waals surface area contributed by atoms with E-state index in [0.717, 1.165) is 45.7 Å². The molecular formula is C14H25NO2. The van der Waals surface area contributed by atoms with Crippen LogP contribution >= 0.6 is 0 Å². The third-order valence-electron chi connectivity index (χ3n) is 4.26. The fourth-order valence-corrected chi connectivity index (χ4v) is 3.22. The van der Waals surface area contributed by atoms with E-state index in [2.05, 4.69) is 18.7 Å². The highest BCUT2D eigenvalue weighted by atomic mass is 16.5. The van der Waals surface area contributed by atoms with Gasteiger partial charge < -0.3 is 14.4 Å². The van der Waals surface area contributed by atoms with Crippen LogP contribution in [-0.4, -0.2) is 44.0 Å². The zero-order valence-corrected chi connectivity index (χ0v) is 11.2. The van der Waals surface area contributed by atoms with E-state index in [-0.39, 0.29) is 5.41 Å². The molecule has 2 aliphatic heterocycles.